The molecule has 2 nitrogen and oxygen atoms in total. The molecule has 1 aromatic rings. The topological polar surface area (TPSA) is 20.3 Å². The van der Waals surface area contributed by atoms with Gasteiger partial charge in [0.1, 0.15) is 5.82 Å². The van der Waals surface area contributed by atoms with Crippen molar-refractivity contribution in [2.75, 3.05) is 11.9 Å². The zero-order chi connectivity index (χ0) is 10.5. The van der Waals surface area contributed by atoms with Crippen LogP contribution >= 0.6 is 0 Å². The summed E-state index contributed by atoms with van der Waals surface area (Å²) in [5.74, 6) is -0.387. The molecule has 1 amide bonds. The molecule has 0 saturated carbocycles. The molecular weight excluding hydrogens is 181 g/mol. The van der Waals surface area contributed by atoms with E-state index < -0.39 is 5.41 Å². The molecule has 1 aliphatic rings. The molecule has 74 valence electrons. The number of para-hydroxylation sites is 1. The van der Waals surface area contributed by atoms with Crippen molar-refractivity contribution in [2.24, 2.45) is 0 Å². The summed E-state index contributed by atoms with van der Waals surface area (Å²) in [7, 11) is 1.61. The number of nitrogens with zero attached hydrogens (tertiary/aromatic N) is 1. The van der Waals surface area contributed by atoms with Gasteiger partial charge in [0.05, 0.1) is 11.1 Å². The van der Waals surface area contributed by atoms with E-state index >= 15 is 0 Å². The van der Waals surface area contributed by atoms with Crippen LogP contribution in [0.2, 0.25) is 0 Å². The van der Waals surface area contributed by atoms with Crippen LogP contribution in [0.3, 0.4) is 0 Å². The van der Waals surface area contributed by atoms with Crippen LogP contribution in [-0.4, -0.2) is 13.0 Å². The minimum atomic E-state index is -0.605. The summed E-state index contributed by atoms with van der Waals surface area (Å²) in [4.78, 5) is 13.2. The third-order valence-electron chi connectivity index (χ3n) is 2.83. The minimum Gasteiger partial charge on any atom is -0.312 e. The number of halogens is 1. The predicted octanol–water partition coefficient (Wildman–Crippen LogP) is 2.08. The molecule has 0 radical (unpaired) electrons. The second-order valence-electron chi connectivity index (χ2n) is 4.13. The molecule has 1 heterocycles. The van der Waals surface area contributed by atoms with Crippen molar-refractivity contribution in [3.63, 3.8) is 0 Å². The van der Waals surface area contributed by atoms with Crippen molar-refractivity contribution in [3.8, 4) is 0 Å². The van der Waals surface area contributed by atoms with Gasteiger partial charge in [-0.25, -0.2) is 4.39 Å². The van der Waals surface area contributed by atoms with Crippen molar-refractivity contribution in [1.29, 1.82) is 0 Å². The fourth-order valence-electron chi connectivity index (χ4n) is 2.00. The van der Waals surface area contributed by atoms with Gasteiger partial charge in [-0.2, -0.15) is 0 Å². The highest BCUT2D eigenvalue weighted by Crippen LogP contribution is 2.41. The standard InChI is InChI=1S/C11H12FNO/c1-11(2)7-5-4-6-8(12)9(7)13(3)10(11)14/h4-6H,1-3H3. The van der Waals surface area contributed by atoms with Crippen molar-refractivity contribution in [2.45, 2.75) is 19.3 Å². The predicted molar refractivity (Wildman–Crippen MR) is 52.8 cm³/mol. The van der Waals surface area contributed by atoms with Crippen LogP contribution < -0.4 is 4.90 Å². The zero-order valence-corrected chi connectivity index (χ0v) is 8.47. The Morgan fingerprint density at radius 3 is 2.57 bits per heavy atom. The molecule has 0 spiro atoms. The van der Waals surface area contributed by atoms with Gasteiger partial charge >= 0.3 is 0 Å². The molecule has 14 heavy (non-hydrogen) atoms. The molecule has 0 saturated heterocycles. The number of amides is 1. The Kier molecular flexibility index (Phi) is 1.68. The first-order chi connectivity index (χ1) is 6.46. The van der Waals surface area contributed by atoms with E-state index in [1.807, 2.05) is 13.8 Å². The summed E-state index contributed by atoms with van der Waals surface area (Å²) in [5.41, 5.74) is 0.583. The summed E-state index contributed by atoms with van der Waals surface area (Å²) in [6.45, 7) is 3.63. The lowest BCUT2D eigenvalue weighted by molar-refractivity contribution is -0.121. The second-order valence-corrected chi connectivity index (χ2v) is 4.13. The van der Waals surface area contributed by atoms with Gasteiger partial charge in [-0.1, -0.05) is 12.1 Å². The Labute approximate surface area is 82.3 Å². The fourth-order valence-corrected chi connectivity index (χ4v) is 2.00. The third-order valence-corrected chi connectivity index (χ3v) is 2.83. The van der Waals surface area contributed by atoms with E-state index in [-0.39, 0.29) is 11.7 Å². The molecule has 3 heteroatoms. The van der Waals surface area contributed by atoms with Crippen LogP contribution in [-0.2, 0) is 10.2 Å². The largest absolute Gasteiger partial charge is 0.312 e. The van der Waals surface area contributed by atoms with Gasteiger partial charge in [0.15, 0.2) is 0 Å². The molecule has 0 aliphatic carbocycles. The number of hydrogen-bond donors (Lipinski definition) is 0. The summed E-state index contributed by atoms with van der Waals surface area (Å²) in [6, 6.07) is 4.83. The van der Waals surface area contributed by atoms with Crippen LogP contribution in [0.1, 0.15) is 19.4 Å². The molecule has 1 aliphatic heterocycles. The Morgan fingerprint density at radius 1 is 1.36 bits per heavy atom. The monoisotopic (exact) mass is 193 g/mol. The number of anilines is 1. The fraction of sp³-hybridized carbons (Fsp3) is 0.364. The van der Waals surface area contributed by atoms with Crippen LogP contribution in [0.25, 0.3) is 0 Å². The van der Waals surface area contributed by atoms with Crippen LogP contribution in [0.15, 0.2) is 18.2 Å². The van der Waals surface area contributed by atoms with Gasteiger partial charge in [0.25, 0.3) is 0 Å². The first-order valence-corrected chi connectivity index (χ1v) is 4.53. The van der Waals surface area contributed by atoms with E-state index in [1.165, 1.54) is 11.0 Å². The lowest BCUT2D eigenvalue weighted by Gasteiger charge is -2.16. The van der Waals surface area contributed by atoms with Gasteiger partial charge in [-0.05, 0) is 25.5 Å². The molecule has 0 atom stereocenters. The van der Waals surface area contributed by atoms with Gasteiger partial charge < -0.3 is 4.90 Å². The second kappa shape index (κ2) is 2.56. The van der Waals surface area contributed by atoms with Crippen molar-refractivity contribution in [3.05, 3.63) is 29.6 Å². The smallest absolute Gasteiger partial charge is 0.236 e. The van der Waals surface area contributed by atoms with Gasteiger partial charge in [0.2, 0.25) is 5.91 Å². The normalized spacial score (nSPS) is 18.6. The van der Waals surface area contributed by atoms with Crippen LogP contribution in [0, 0.1) is 5.82 Å². The number of carbonyl (C=O) groups excluding carboxylic acids is 1. The molecule has 0 bridgehead atoms. The highest BCUT2D eigenvalue weighted by molar-refractivity contribution is 6.07. The Bertz CT molecular complexity index is 412. The first kappa shape index (κ1) is 9.19. The van der Waals surface area contributed by atoms with E-state index in [0.717, 1.165) is 5.56 Å². The molecule has 0 unspecified atom stereocenters. The maximum atomic E-state index is 13.5. The number of carbonyl (C=O) groups is 1. The Morgan fingerprint density at radius 2 is 2.00 bits per heavy atom. The maximum absolute atomic E-state index is 13.5. The van der Waals surface area contributed by atoms with E-state index in [9.17, 15) is 9.18 Å². The van der Waals surface area contributed by atoms with E-state index in [2.05, 4.69) is 0 Å². The minimum absolute atomic E-state index is 0.0578. The molecule has 0 N–H and O–H groups in total. The number of fused-ring (bicyclic) bond motifs is 1. The van der Waals surface area contributed by atoms with Gasteiger partial charge in [0, 0.05) is 7.05 Å². The number of rotatable bonds is 0. The van der Waals surface area contributed by atoms with E-state index in [4.69, 9.17) is 0 Å². The van der Waals surface area contributed by atoms with E-state index in [1.54, 1.807) is 19.2 Å². The molecule has 1 aromatic carbocycles. The zero-order valence-electron chi connectivity index (χ0n) is 8.47. The summed E-state index contributed by atoms with van der Waals surface area (Å²) < 4.78 is 13.5. The van der Waals surface area contributed by atoms with Crippen LogP contribution in [0.5, 0.6) is 0 Å². The Hall–Kier alpha value is -1.38. The number of hydrogen-bond acceptors (Lipinski definition) is 1. The summed E-state index contributed by atoms with van der Waals surface area (Å²) in [5, 5.41) is 0. The highest BCUT2D eigenvalue weighted by atomic mass is 19.1. The quantitative estimate of drug-likeness (QED) is 0.617. The summed E-state index contributed by atoms with van der Waals surface area (Å²) in [6.07, 6.45) is 0. The summed E-state index contributed by atoms with van der Waals surface area (Å²) >= 11 is 0. The first-order valence-electron chi connectivity index (χ1n) is 4.53. The average Bonchev–Trinajstić information content (AvgIpc) is 2.30. The van der Waals surface area contributed by atoms with E-state index in [0.29, 0.717) is 5.69 Å². The number of benzene rings is 1. The third kappa shape index (κ3) is 0.924. The molecule has 2 rings (SSSR count). The molecule has 0 aromatic heterocycles. The van der Waals surface area contributed by atoms with Crippen molar-refractivity contribution >= 4 is 11.6 Å². The number of likely N-dealkylation sites (N-methyl/N-ethyl adjacent to an activating group) is 1. The lowest BCUT2D eigenvalue weighted by atomic mass is 9.86. The van der Waals surface area contributed by atoms with Gasteiger partial charge in [-0.15, -0.1) is 0 Å². The van der Waals surface area contributed by atoms with Crippen molar-refractivity contribution in [1.82, 2.24) is 0 Å². The van der Waals surface area contributed by atoms with Gasteiger partial charge in [-0.3, -0.25) is 4.79 Å². The lowest BCUT2D eigenvalue weighted by Crippen LogP contribution is -2.33. The Balaban J connectivity index is 2.74. The molecule has 0 fully saturated rings. The SMILES string of the molecule is CN1C(=O)C(C)(C)c2cccc(F)c21. The van der Waals surface area contributed by atoms with Crippen LogP contribution in [0.4, 0.5) is 10.1 Å². The molecular formula is C11H12FNO. The average molecular weight is 193 g/mol. The van der Waals surface area contributed by atoms with Crippen molar-refractivity contribution < 1.29 is 9.18 Å². The highest BCUT2D eigenvalue weighted by Gasteiger charge is 2.43. The maximum Gasteiger partial charge on any atom is 0.236 e.